The van der Waals surface area contributed by atoms with E-state index >= 15 is 0 Å². The number of hydrogen-bond acceptors (Lipinski definition) is 2. The SMILES string of the molecule is O=C(/C=C/c1ccc(-c2ccc(C(F)(F)F)cc2)cc1Cl)NO. The van der Waals surface area contributed by atoms with Gasteiger partial charge in [0, 0.05) is 11.1 Å². The lowest BCUT2D eigenvalue weighted by atomic mass is 10.0. The Hall–Kier alpha value is -2.31. The number of hydrogen-bond donors (Lipinski definition) is 2. The van der Waals surface area contributed by atoms with Crippen molar-refractivity contribution in [3.05, 3.63) is 64.7 Å². The molecular weight excluding hydrogens is 331 g/mol. The van der Waals surface area contributed by atoms with Crippen molar-refractivity contribution in [1.82, 2.24) is 5.48 Å². The molecule has 1 amide bonds. The van der Waals surface area contributed by atoms with Crippen LogP contribution in [-0.4, -0.2) is 11.1 Å². The van der Waals surface area contributed by atoms with Gasteiger partial charge in [0.2, 0.25) is 0 Å². The molecule has 0 aromatic heterocycles. The topological polar surface area (TPSA) is 49.3 Å². The lowest BCUT2D eigenvalue weighted by Crippen LogP contribution is -2.14. The summed E-state index contributed by atoms with van der Waals surface area (Å²) in [5.74, 6) is -0.701. The number of nitrogens with one attached hydrogen (secondary N) is 1. The van der Waals surface area contributed by atoms with Crippen LogP contribution in [0.5, 0.6) is 0 Å². The van der Waals surface area contributed by atoms with Crippen LogP contribution in [0.3, 0.4) is 0 Å². The maximum atomic E-state index is 12.5. The molecule has 0 aliphatic rings. The number of hydroxylamine groups is 1. The molecule has 0 saturated carbocycles. The first-order chi connectivity index (χ1) is 10.8. The van der Waals surface area contributed by atoms with E-state index in [1.807, 2.05) is 0 Å². The van der Waals surface area contributed by atoms with Crippen LogP contribution in [0.2, 0.25) is 5.02 Å². The summed E-state index contributed by atoms with van der Waals surface area (Å²) in [6.45, 7) is 0. The Bertz CT molecular complexity index is 740. The Kier molecular flexibility index (Phi) is 5.08. The molecule has 0 unspecified atom stereocenters. The summed E-state index contributed by atoms with van der Waals surface area (Å²) in [5, 5.41) is 8.71. The molecule has 0 spiro atoms. The van der Waals surface area contributed by atoms with Crippen LogP contribution in [0.15, 0.2) is 48.5 Å². The zero-order valence-corrected chi connectivity index (χ0v) is 12.3. The van der Waals surface area contributed by atoms with Crippen LogP contribution in [0.4, 0.5) is 13.2 Å². The normalized spacial score (nSPS) is 11.7. The van der Waals surface area contributed by atoms with Crippen molar-refractivity contribution in [3.63, 3.8) is 0 Å². The average molecular weight is 342 g/mol. The predicted molar refractivity (Wildman–Crippen MR) is 80.9 cm³/mol. The van der Waals surface area contributed by atoms with Crippen LogP contribution >= 0.6 is 11.6 Å². The summed E-state index contributed by atoms with van der Waals surface area (Å²) in [6, 6.07) is 9.61. The molecule has 3 nitrogen and oxygen atoms in total. The monoisotopic (exact) mass is 341 g/mol. The molecule has 2 N–H and O–H groups in total. The number of carbonyl (C=O) groups is 1. The van der Waals surface area contributed by atoms with Gasteiger partial charge in [0.1, 0.15) is 0 Å². The van der Waals surface area contributed by atoms with Crippen LogP contribution in [0.1, 0.15) is 11.1 Å². The maximum absolute atomic E-state index is 12.5. The number of benzene rings is 2. The fourth-order valence-corrected chi connectivity index (χ4v) is 2.14. The highest BCUT2D eigenvalue weighted by Crippen LogP contribution is 2.32. The minimum Gasteiger partial charge on any atom is -0.288 e. The third-order valence-corrected chi connectivity index (χ3v) is 3.40. The van der Waals surface area contributed by atoms with Crippen LogP contribution in [0.25, 0.3) is 17.2 Å². The molecule has 23 heavy (non-hydrogen) atoms. The van der Waals surface area contributed by atoms with E-state index in [1.165, 1.54) is 23.7 Å². The molecule has 0 radical (unpaired) electrons. The highest BCUT2D eigenvalue weighted by molar-refractivity contribution is 6.32. The molecule has 0 aliphatic carbocycles. The second-order valence-corrected chi connectivity index (χ2v) is 5.03. The molecule has 0 bridgehead atoms. The van der Waals surface area contributed by atoms with Crippen molar-refractivity contribution >= 4 is 23.6 Å². The molecule has 0 aliphatic heterocycles. The van der Waals surface area contributed by atoms with E-state index in [2.05, 4.69) is 0 Å². The van der Waals surface area contributed by atoms with Gasteiger partial charge in [0.05, 0.1) is 5.56 Å². The zero-order chi connectivity index (χ0) is 17.0. The summed E-state index contributed by atoms with van der Waals surface area (Å²) in [4.78, 5) is 10.9. The Morgan fingerprint density at radius 3 is 2.22 bits per heavy atom. The molecule has 0 fully saturated rings. The van der Waals surface area contributed by atoms with Gasteiger partial charge in [-0.3, -0.25) is 10.0 Å². The lowest BCUT2D eigenvalue weighted by molar-refractivity contribution is -0.137. The molecule has 0 saturated heterocycles. The standard InChI is InChI=1S/C16H11ClF3NO2/c17-14-9-12(2-1-11(14)5-8-15(22)21-23)10-3-6-13(7-4-10)16(18,19)20/h1-9,23H,(H,21,22)/b8-5+. The largest absolute Gasteiger partial charge is 0.416 e. The Morgan fingerprint density at radius 1 is 1.09 bits per heavy atom. The number of alkyl halides is 3. The van der Waals surface area contributed by atoms with Crippen molar-refractivity contribution in [3.8, 4) is 11.1 Å². The second-order valence-electron chi connectivity index (χ2n) is 4.62. The van der Waals surface area contributed by atoms with E-state index in [-0.39, 0.29) is 0 Å². The highest BCUT2D eigenvalue weighted by atomic mass is 35.5. The van der Waals surface area contributed by atoms with E-state index in [0.717, 1.165) is 18.2 Å². The quantitative estimate of drug-likeness (QED) is 0.489. The Morgan fingerprint density at radius 2 is 1.70 bits per heavy atom. The molecule has 0 heterocycles. The van der Waals surface area contributed by atoms with Gasteiger partial charge in [-0.1, -0.05) is 35.9 Å². The van der Waals surface area contributed by atoms with Crippen LogP contribution in [-0.2, 0) is 11.0 Å². The van der Waals surface area contributed by atoms with Gasteiger partial charge in [-0.15, -0.1) is 0 Å². The van der Waals surface area contributed by atoms with Gasteiger partial charge >= 0.3 is 6.18 Å². The minimum atomic E-state index is -4.38. The van der Waals surface area contributed by atoms with Gasteiger partial charge in [0.25, 0.3) is 5.91 Å². The van der Waals surface area contributed by atoms with Gasteiger partial charge in [-0.25, -0.2) is 5.48 Å². The molecule has 7 heteroatoms. The van der Waals surface area contributed by atoms with Crippen molar-refractivity contribution in [2.45, 2.75) is 6.18 Å². The lowest BCUT2D eigenvalue weighted by Gasteiger charge is -2.08. The van der Waals surface area contributed by atoms with E-state index in [9.17, 15) is 18.0 Å². The number of carbonyl (C=O) groups excluding carboxylic acids is 1. The number of amides is 1. The number of halogens is 4. The smallest absolute Gasteiger partial charge is 0.288 e. The first kappa shape index (κ1) is 17.1. The van der Waals surface area contributed by atoms with Gasteiger partial charge in [-0.2, -0.15) is 13.2 Å². The number of rotatable bonds is 3. The van der Waals surface area contributed by atoms with Gasteiger partial charge in [-0.05, 0) is 41.0 Å². The van der Waals surface area contributed by atoms with E-state index in [1.54, 1.807) is 18.2 Å². The molecular formula is C16H11ClF3NO2. The summed E-state index contributed by atoms with van der Waals surface area (Å²) in [7, 11) is 0. The third kappa shape index (κ3) is 4.34. The average Bonchev–Trinajstić information content (AvgIpc) is 2.52. The Balaban J connectivity index is 2.26. The maximum Gasteiger partial charge on any atom is 0.416 e. The fourth-order valence-electron chi connectivity index (χ4n) is 1.90. The first-order valence-electron chi connectivity index (χ1n) is 6.40. The molecule has 2 rings (SSSR count). The van der Waals surface area contributed by atoms with E-state index in [4.69, 9.17) is 16.8 Å². The molecule has 2 aromatic rings. The third-order valence-electron chi connectivity index (χ3n) is 3.07. The zero-order valence-electron chi connectivity index (χ0n) is 11.6. The highest BCUT2D eigenvalue weighted by Gasteiger charge is 2.29. The fraction of sp³-hybridized carbons (Fsp3) is 0.0625. The summed E-state index contributed by atoms with van der Waals surface area (Å²) in [6.07, 6.45) is -1.87. The molecule has 0 atom stereocenters. The van der Waals surface area contributed by atoms with Crippen molar-refractivity contribution < 1.29 is 23.2 Å². The van der Waals surface area contributed by atoms with E-state index in [0.29, 0.717) is 21.7 Å². The van der Waals surface area contributed by atoms with Crippen LogP contribution < -0.4 is 5.48 Å². The van der Waals surface area contributed by atoms with Crippen molar-refractivity contribution in [2.24, 2.45) is 0 Å². The van der Waals surface area contributed by atoms with Gasteiger partial charge in [0.15, 0.2) is 0 Å². The summed E-state index contributed by atoms with van der Waals surface area (Å²) < 4.78 is 37.6. The molecule has 120 valence electrons. The Labute approximate surface area is 135 Å². The van der Waals surface area contributed by atoms with Crippen molar-refractivity contribution in [2.75, 3.05) is 0 Å². The summed E-state index contributed by atoms with van der Waals surface area (Å²) in [5.41, 5.74) is 2.49. The predicted octanol–water partition coefficient (Wildman–Crippen LogP) is 4.54. The minimum absolute atomic E-state index is 0.324. The first-order valence-corrected chi connectivity index (χ1v) is 6.78. The molecule has 2 aromatic carbocycles. The second kappa shape index (κ2) is 6.85. The summed E-state index contributed by atoms with van der Waals surface area (Å²) >= 11 is 6.08. The van der Waals surface area contributed by atoms with Crippen molar-refractivity contribution in [1.29, 1.82) is 0 Å². The van der Waals surface area contributed by atoms with Gasteiger partial charge < -0.3 is 0 Å². The van der Waals surface area contributed by atoms with Crippen LogP contribution in [0, 0.1) is 0 Å². The van der Waals surface area contributed by atoms with E-state index < -0.39 is 17.6 Å².